The number of hydrogen-bond donors (Lipinski definition) is 3. The van der Waals surface area contributed by atoms with Crippen LogP contribution in [0.1, 0.15) is 27.6 Å². The standard InChI is InChI=1S/C22H24N4O5/c1-14(13-27)30-18-10-16(21(28)24-20-8-9-23-25-20)11-19(12-18)31-17-6-4-15(5-7-17)22(29)26(2)3/h4-12,14,27H,13H2,1-3H3,(H2,23,24,25,28)/t14-/m0/s1. The van der Waals surface area contributed by atoms with Gasteiger partial charge in [-0.05, 0) is 43.3 Å². The molecule has 1 aromatic heterocycles. The maximum atomic E-state index is 12.6. The first kappa shape index (κ1) is 21.8. The average molecular weight is 424 g/mol. The quantitative estimate of drug-likeness (QED) is 0.512. The number of H-pyrrole nitrogens is 1. The summed E-state index contributed by atoms with van der Waals surface area (Å²) in [5, 5.41) is 18.4. The molecule has 2 amide bonds. The van der Waals surface area contributed by atoms with Crippen LogP contribution in [-0.4, -0.2) is 58.8 Å². The predicted molar refractivity (Wildman–Crippen MR) is 115 cm³/mol. The van der Waals surface area contributed by atoms with Crippen molar-refractivity contribution in [1.29, 1.82) is 0 Å². The number of aromatic amines is 1. The Hall–Kier alpha value is -3.85. The third-order valence-electron chi connectivity index (χ3n) is 4.23. The predicted octanol–water partition coefficient (Wildman–Crippen LogP) is 2.92. The molecule has 0 aliphatic carbocycles. The lowest BCUT2D eigenvalue weighted by Crippen LogP contribution is -2.21. The van der Waals surface area contributed by atoms with Crippen LogP contribution in [0, 0.1) is 0 Å². The number of ether oxygens (including phenoxy) is 2. The van der Waals surface area contributed by atoms with Crippen molar-refractivity contribution in [3.05, 3.63) is 65.9 Å². The molecule has 3 N–H and O–H groups in total. The summed E-state index contributed by atoms with van der Waals surface area (Å²) in [6, 6.07) is 13.0. The van der Waals surface area contributed by atoms with Crippen molar-refractivity contribution in [2.45, 2.75) is 13.0 Å². The highest BCUT2D eigenvalue weighted by Crippen LogP contribution is 2.29. The largest absolute Gasteiger partial charge is 0.488 e. The van der Waals surface area contributed by atoms with E-state index in [1.807, 2.05) is 0 Å². The van der Waals surface area contributed by atoms with Gasteiger partial charge >= 0.3 is 0 Å². The molecular formula is C22H24N4O5. The molecule has 0 spiro atoms. The van der Waals surface area contributed by atoms with Crippen LogP contribution in [0.5, 0.6) is 17.2 Å². The Bertz CT molecular complexity index is 1030. The molecule has 0 fully saturated rings. The van der Waals surface area contributed by atoms with Gasteiger partial charge in [0.25, 0.3) is 11.8 Å². The van der Waals surface area contributed by atoms with E-state index in [1.165, 1.54) is 11.1 Å². The van der Waals surface area contributed by atoms with Gasteiger partial charge in [-0.3, -0.25) is 14.7 Å². The fraction of sp³-hybridized carbons (Fsp3) is 0.227. The van der Waals surface area contributed by atoms with Crippen molar-refractivity contribution in [1.82, 2.24) is 15.1 Å². The molecule has 9 heteroatoms. The molecule has 2 aromatic carbocycles. The smallest absolute Gasteiger partial charge is 0.257 e. The van der Waals surface area contributed by atoms with E-state index in [-0.39, 0.29) is 18.4 Å². The maximum absolute atomic E-state index is 12.6. The number of anilines is 1. The number of aliphatic hydroxyl groups is 1. The fourth-order valence-corrected chi connectivity index (χ4v) is 2.68. The highest BCUT2D eigenvalue weighted by molar-refractivity contribution is 6.04. The van der Waals surface area contributed by atoms with E-state index in [4.69, 9.17) is 9.47 Å². The van der Waals surface area contributed by atoms with Crippen LogP contribution in [0.25, 0.3) is 0 Å². The van der Waals surface area contributed by atoms with Crippen molar-refractivity contribution in [2.75, 3.05) is 26.0 Å². The number of carbonyl (C=O) groups excluding carboxylic acids is 2. The Morgan fingerprint density at radius 2 is 1.77 bits per heavy atom. The number of amides is 2. The molecule has 31 heavy (non-hydrogen) atoms. The lowest BCUT2D eigenvalue weighted by Gasteiger charge is -2.15. The molecule has 0 bridgehead atoms. The van der Waals surface area contributed by atoms with Gasteiger partial charge < -0.3 is 24.8 Å². The first-order chi connectivity index (χ1) is 14.9. The number of benzene rings is 2. The second-order valence-corrected chi connectivity index (χ2v) is 7.05. The summed E-state index contributed by atoms with van der Waals surface area (Å²) in [6.07, 6.45) is 1.06. The molecule has 0 saturated carbocycles. The van der Waals surface area contributed by atoms with Crippen molar-refractivity contribution in [3.63, 3.8) is 0 Å². The zero-order valence-corrected chi connectivity index (χ0v) is 17.5. The first-order valence-corrected chi connectivity index (χ1v) is 9.58. The van der Waals surface area contributed by atoms with Crippen molar-refractivity contribution < 1.29 is 24.2 Å². The molecule has 162 valence electrons. The van der Waals surface area contributed by atoms with Gasteiger partial charge in [-0.1, -0.05) is 0 Å². The number of nitrogens with zero attached hydrogens (tertiary/aromatic N) is 2. The second-order valence-electron chi connectivity index (χ2n) is 7.05. The van der Waals surface area contributed by atoms with Crippen LogP contribution in [-0.2, 0) is 0 Å². The second kappa shape index (κ2) is 9.77. The van der Waals surface area contributed by atoms with Crippen LogP contribution >= 0.6 is 0 Å². The van der Waals surface area contributed by atoms with Crippen LogP contribution in [0.3, 0.4) is 0 Å². The number of aromatic nitrogens is 2. The summed E-state index contributed by atoms with van der Waals surface area (Å²) in [4.78, 5) is 26.2. The lowest BCUT2D eigenvalue weighted by atomic mass is 10.1. The van der Waals surface area contributed by atoms with Gasteiger partial charge in [0.15, 0.2) is 0 Å². The minimum Gasteiger partial charge on any atom is -0.488 e. The van der Waals surface area contributed by atoms with Gasteiger partial charge in [0.2, 0.25) is 0 Å². The van der Waals surface area contributed by atoms with E-state index < -0.39 is 6.10 Å². The molecule has 0 saturated heterocycles. The molecule has 0 aliphatic rings. The number of rotatable bonds is 8. The summed E-state index contributed by atoms with van der Waals surface area (Å²) in [5.74, 6) is 1.17. The lowest BCUT2D eigenvalue weighted by molar-refractivity contribution is 0.0827. The zero-order valence-electron chi connectivity index (χ0n) is 17.5. The van der Waals surface area contributed by atoms with E-state index in [1.54, 1.807) is 69.6 Å². The SMILES string of the molecule is C[C@@H](CO)Oc1cc(Oc2ccc(C(=O)N(C)C)cc2)cc(C(=O)Nc2ccn[nH]2)c1. The van der Waals surface area contributed by atoms with Crippen molar-refractivity contribution in [2.24, 2.45) is 0 Å². The van der Waals surface area contributed by atoms with Crippen LogP contribution in [0.15, 0.2) is 54.7 Å². The molecule has 3 rings (SSSR count). The molecule has 9 nitrogen and oxygen atoms in total. The van der Waals surface area contributed by atoms with E-state index in [2.05, 4.69) is 15.5 Å². The van der Waals surface area contributed by atoms with Gasteiger partial charge in [-0.2, -0.15) is 5.10 Å². The minimum absolute atomic E-state index is 0.113. The molecule has 0 radical (unpaired) electrons. The Labute approximate surface area is 179 Å². The van der Waals surface area contributed by atoms with E-state index in [9.17, 15) is 14.7 Å². The van der Waals surface area contributed by atoms with E-state index >= 15 is 0 Å². The average Bonchev–Trinajstić information content (AvgIpc) is 3.26. The van der Waals surface area contributed by atoms with Crippen LogP contribution in [0.2, 0.25) is 0 Å². The molecule has 1 heterocycles. The minimum atomic E-state index is -0.463. The number of hydrogen-bond acceptors (Lipinski definition) is 6. The van der Waals surface area contributed by atoms with Crippen molar-refractivity contribution >= 4 is 17.6 Å². The number of carbonyl (C=O) groups is 2. The molecule has 0 unspecified atom stereocenters. The number of nitrogens with one attached hydrogen (secondary N) is 2. The Kier molecular flexibility index (Phi) is 6.88. The van der Waals surface area contributed by atoms with Crippen LogP contribution < -0.4 is 14.8 Å². The fourth-order valence-electron chi connectivity index (χ4n) is 2.68. The van der Waals surface area contributed by atoms with Gasteiger partial charge in [0.05, 0.1) is 12.8 Å². The van der Waals surface area contributed by atoms with Gasteiger partial charge in [-0.15, -0.1) is 0 Å². The van der Waals surface area contributed by atoms with E-state index in [0.717, 1.165) is 0 Å². The molecular weight excluding hydrogens is 400 g/mol. The van der Waals surface area contributed by atoms with Crippen LogP contribution in [0.4, 0.5) is 5.82 Å². The summed E-state index contributed by atoms with van der Waals surface area (Å²) in [5.41, 5.74) is 0.831. The first-order valence-electron chi connectivity index (χ1n) is 9.58. The monoisotopic (exact) mass is 424 g/mol. The van der Waals surface area contributed by atoms with Gasteiger partial charge in [0, 0.05) is 37.4 Å². The number of aliphatic hydroxyl groups excluding tert-OH is 1. The molecule has 1 atom stereocenters. The highest BCUT2D eigenvalue weighted by atomic mass is 16.5. The Balaban J connectivity index is 1.84. The summed E-state index contributed by atoms with van der Waals surface area (Å²) in [7, 11) is 3.36. The Morgan fingerprint density at radius 3 is 2.39 bits per heavy atom. The third-order valence-corrected chi connectivity index (χ3v) is 4.23. The van der Waals surface area contributed by atoms with Gasteiger partial charge in [-0.25, -0.2) is 0 Å². The third kappa shape index (κ3) is 5.83. The summed E-state index contributed by atoms with van der Waals surface area (Å²) >= 11 is 0. The Morgan fingerprint density at radius 1 is 1.06 bits per heavy atom. The summed E-state index contributed by atoms with van der Waals surface area (Å²) < 4.78 is 11.6. The molecule has 0 aliphatic heterocycles. The van der Waals surface area contributed by atoms with Crippen molar-refractivity contribution in [3.8, 4) is 17.2 Å². The molecule has 3 aromatic rings. The zero-order chi connectivity index (χ0) is 22.4. The normalized spacial score (nSPS) is 11.5. The maximum Gasteiger partial charge on any atom is 0.257 e. The summed E-state index contributed by atoms with van der Waals surface area (Å²) in [6.45, 7) is 1.53. The van der Waals surface area contributed by atoms with E-state index in [0.29, 0.717) is 34.2 Å². The topological polar surface area (TPSA) is 117 Å². The highest BCUT2D eigenvalue weighted by Gasteiger charge is 2.14. The van der Waals surface area contributed by atoms with Gasteiger partial charge in [0.1, 0.15) is 29.2 Å².